The number of rotatable bonds is 6. The number of carboxylic acids is 1. The Kier molecular flexibility index (Phi) is 6.47. The molecule has 0 unspecified atom stereocenters. The van der Waals surface area contributed by atoms with Gasteiger partial charge in [-0.1, -0.05) is 6.07 Å². The van der Waals surface area contributed by atoms with Gasteiger partial charge in [0.1, 0.15) is 17.1 Å². The van der Waals surface area contributed by atoms with Crippen LogP contribution < -0.4 is 5.32 Å². The van der Waals surface area contributed by atoms with Crippen molar-refractivity contribution >= 4 is 39.5 Å². The van der Waals surface area contributed by atoms with Crippen molar-refractivity contribution in [2.24, 2.45) is 10.2 Å². The molecule has 0 aliphatic heterocycles. The zero-order valence-electron chi connectivity index (χ0n) is 17.4. The summed E-state index contributed by atoms with van der Waals surface area (Å²) in [6.45, 7) is 0. The molecule has 0 radical (unpaired) electrons. The summed E-state index contributed by atoms with van der Waals surface area (Å²) in [5, 5.41) is 31.1. The molecule has 0 aliphatic rings. The van der Waals surface area contributed by atoms with Gasteiger partial charge in [0, 0.05) is 16.6 Å². The van der Waals surface area contributed by atoms with Crippen molar-refractivity contribution in [3.8, 4) is 17.0 Å². The normalized spacial score (nSPS) is 11.7. The second-order valence-electron chi connectivity index (χ2n) is 7.11. The van der Waals surface area contributed by atoms with Crippen LogP contribution in [0.15, 0.2) is 76.3 Å². The first kappa shape index (κ1) is 23.8. The molecule has 1 aromatic heterocycles. The van der Waals surface area contributed by atoms with Gasteiger partial charge in [0.25, 0.3) is 0 Å². The van der Waals surface area contributed by atoms with E-state index in [9.17, 15) is 27.5 Å². The number of carboxylic acid groups (broad SMARTS) is 1. The SMILES string of the molecule is O=C(O)c1cc(/N=N\c2ccc(F)c(-c3csc(Nc4cccc(C(F)(F)F)c4)n3)c2)ccc1O. The predicted octanol–water partition coefficient (Wildman–Crippen LogP) is 7.53. The van der Waals surface area contributed by atoms with Gasteiger partial charge in [0.15, 0.2) is 5.13 Å². The van der Waals surface area contributed by atoms with Crippen LogP contribution in [0.25, 0.3) is 11.3 Å². The molecule has 0 spiro atoms. The summed E-state index contributed by atoms with van der Waals surface area (Å²) in [7, 11) is 0. The van der Waals surface area contributed by atoms with E-state index in [4.69, 9.17) is 5.11 Å². The van der Waals surface area contributed by atoms with E-state index in [0.717, 1.165) is 35.6 Å². The highest BCUT2D eigenvalue weighted by Crippen LogP contribution is 2.34. The Balaban J connectivity index is 1.56. The van der Waals surface area contributed by atoms with Crippen molar-refractivity contribution in [3.63, 3.8) is 0 Å². The first-order chi connectivity index (χ1) is 16.6. The number of alkyl halides is 3. The van der Waals surface area contributed by atoms with Crippen molar-refractivity contribution < 1.29 is 32.6 Å². The van der Waals surface area contributed by atoms with Crippen LogP contribution in [-0.2, 0) is 6.18 Å². The summed E-state index contributed by atoms with van der Waals surface area (Å²) in [5.74, 6) is -2.35. The number of aromatic carboxylic acids is 1. The zero-order valence-corrected chi connectivity index (χ0v) is 18.2. The number of carbonyl (C=O) groups is 1. The average molecular weight is 502 g/mol. The Morgan fingerprint density at radius 1 is 1.00 bits per heavy atom. The number of anilines is 2. The molecule has 178 valence electrons. The number of nitrogens with one attached hydrogen (secondary N) is 1. The van der Waals surface area contributed by atoms with Crippen molar-refractivity contribution in [2.45, 2.75) is 6.18 Å². The Morgan fingerprint density at radius 2 is 1.71 bits per heavy atom. The molecular weight excluding hydrogens is 488 g/mol. The Hall–Kier alpha value is -4.32. The predicted molar refractivity (Wildman–Crippen MR) is 121 cm³/mol. The van der Waals surface area contributed by atoms with E-state index in [2.05, 4.69) is 20.5 Å². The molecule has 0 saturated carbocycles. The highest BCUT2D eigenvalue weighted by atomic mass is 32.1. The van der Waals surface area contributed by atoms with Gasteiger partial charge in [-0.05, 0) is 54.6 Å². The van der Waals surface area contributed by atoms with Crippen LogP contribution in [0.1, 0.15) is 15.9 Å². The molecule has 3 N–H and O–H groups in total. The van der Waals surface area contributed by atoms with Crippen LogP contribution in [-0.4, -0.2) is 21.2 Å². The number of azo groups is 1. The molecule has 12 heteroatoms. The van der Waals surface area contributed by atoms with Crippen LogP contribution >= 0.6 is 11.3 Å². The van der Waals surface area contributed by atoms with Crippen LogP contribution in [0, 0.1) is 5.82 Å². The molecule has 4 aromatic rings. The molecule has 1 heterocycles. The topological polar surface area (TPSA) is 107 Å². The van der Waals surface area contributed by atoms with Crippen LogP contribution in [0.5, 0.6) is 5.75 Å². The number of hydrogen-bond donors (Lipinski definition) is 3. The van der Waals surface area contributed by atoms with Gasteiger partial charge in [0.05, 0.1) is 22.6 Å². The highest BCUT2D eigenvalue weighted by molar-refractivity contribution is 7.14. The molecular formula is C23H14F4N4O3S. The summed E-state index contributed by atoms with van der Waals surface area (Å²) >= 11 is 1.08. The second-order valence-corrected chi connectivity index (χ2v) is 7.97. The maximum absolute atomic E-state index is 14.5. The highest BCUT2D eigenvalue weighted by Gasteiger charge is 2.30. The number of aromatic hydroxyl groups is 1. The quantitative estimate of drug-likeness (QED) is 0.187. The fraction of sp³-hybridized carbons (Fsp3) is 0.0435. The lowest BCUT2D eigenvalue weighted by Crippen LogP contribution is -2.05. The van der Waals surface area contributed by atoms with Gasteiger partial charge in [-0.3, -0.25) is 0 Å². The first-order valence-corrected chi connectivity index (χ1v) is 10.7. The molecule has 4 rings (SSSR count). The summed E-state index contributed by atoms with van der Waals surface area (Å²) in [4.78, 5) is 15.4. The maximum Gasteiger partial charge on any atom is 0.416 e. The van der Waals surface area contributed by atoms with E-state index < -0.39 is 29.3 Å². The van der Waals surface area contributed by atoms with E-state index in [1.807, 2.05) is 0 Å². The fourth-order valence-electron chi connectivity index (χ4n) is 3.00. The molecule has 0 fully saturated rings. The van der Waals surface area contributed by atoms with Crippen LogP contribution in [0.2, 0.25) is 0 Å². The Bertz CT molecular complexity index is 1440. The summed E-state index contributed by atoms with van der Waals surface area (Å²) in [6.07, 6.45) is -4.49. The van der Waals surface area contributed by atoms with Gasteiger partial charge in [-0.25, -0.2) is 14.2 Å². The Morgan fingerprint density at radius 3 is 2.43 bits per heavy atom. The number of thiazole rings is 1. The third-order valence-electron chi connectivity index (χ3n) is 4.66. The molecule has 0 amide bonds. The van der Waals surface area contributed by atoms with Crippen molar-refractivity contribution in [3.05, 3.63) is 83.0 Å². The Labute approximate surface area is 199 Å². The lowest BCUT2D eigenvalue weighted by Gasteiger charge is -2.09. The third-order valence-corrected chi connectivity index (χ3v) is 5.42. The van der Waals surface area contributed by atoms with Gasteiger partial charge in [0.2, 0.25) is 0 Å². The van der Waals surface area contributed by atoms with E-state index >= 15 is 0 Å². The lowest BCUT2D eigenvalue weighted by atomic mass is 10.1. The standard InChI is InChI=1S/C23H14F4N4O3S/c24-18-6-4-14(30-31-15-5-7-20(32)17(10-15)21(33)34)9-16(18)19-11-35-22(29-19)28-13-3-1-2-12(8-13)23(25,26)27/h1-11,32H,(H,28,29)(H,33,34)/b31-30-. The van der Waals surface area contributed by atoms with E-state index in [1.165, 1.54) is 41.8 Å². The van der Waals surface area contributed by atoms with Crippen molar-refractivity contribution in [2.75, 3.05) is 5.32 Å². The van der Waals surface area contributed by atoms with Crippen LogP contribution in [0.3, 0.4) is 0 Å². The molecule has 7 nitrogen and oxygen atoms in total. The van der Waals surface area contributed by atoms with Crippen molar-refractivity contribution in [1.82, 2.24) is 4.98 Å². The number of halogens is 4. The molecule has 0 aliphatic carbocycles. The number of nitrogens with zero attached hydrogens (tertiary/aromatic N) is 3. The largest absolute Gasteiger partial charge is 0.507 e. The van der Waals surface area contributed by atoms with E-state index in [-0.39, 0.29) is 39.0 Å². The number of benzene rings is 3. The number of hydrogen-bond acceptors (Lipinski definition) is 7. The zero-order chi connectivity index (χ0) is 25.2. The lowest BCUT2D eigenvalue weighted by molar-refractivity contribution is -0.137. The summed E-state index contributed by atoms with van der Waals surface area (Å²) in [6, 6.07) is 12.2. The smallest absolute Gasteiger partial charge is 0.416 e. The number of aromatic nitrogens is 1. The second kappa shape index (κ2) is 9.50. The molecule has 35 heavy (non-hydrogen) atoms. The third kappa shape index (κ3) is 5.61. The van der Waals surface area contributed by atoms with Gasteiger partial charge in [-0.2, -0.15) is 23.4 Å². The number of phenols is 1. The molecule has 0 atom stereocenters. The summed E-state index contributed by atoms with van der Waals surface area (Å²) in [5.41, 5.74) is -0.252. The molecule has 3 aromatic carbocycles. The van der Waals surface area contributed by atoms with Gasteiger partial charge < -0.3 is 15.5 Å². The fourth-order valence-corrected chi connectivity index (χ4v) is 3.73. The van der Waals surface area contributed by atoms with Crippen LogP contribution in [0.4, 0.5) is 39.8 Å². The summed E-state index contributed by atoms with van der Waals surface area (Å²) < 4.78 is 53.2. The average Bonchev–Trinajstić information content (AvgIpc) is 3.27. The first-order valence-electron chi connectivity index (χ1n) is 9.78. The molecule has 0 bridgehead atoms. The molecule has 0 saturated heterocycles. The van der Waals surface area contributed by atoms with Crippen molar-refractivity contribution in [1.29, 1.82) is 0 Å². The van der Waals surface area contributed by atoms with E-state index in [0.29, 0.717) is 0 Å². The van der Waals surface area contributed by atoms with Gasteiger partial charge in [-0.15, -0.1) is 11.3 Å². The maximum atomic E-state index is 14.5. The minimum absolute atomic E-state index is 0.0896. The van der Waals surface area contributed by atoms with E-state index in [1.54, 1.807) is 0 Å². The minimum Gasteiger partial charge on any atom is -0.507 e. The van der Waals surface area contributed by atoms with Gasteiger partial charge >= 0.3 is 12.1 Å². The monoisotopic (exact) mass is 502 g/mol. The minimum atomic E-state index is -4.49.